The summed E-state index contributed by atoms with van der Waals surface area (Å²) < 4.78 is 10.9. The number of benzene rings is 3. The van der Waals surface area contributed by atoms with Crippen molar-refractivity contribution in [3.63, 3.8) is 0 Å². The molecule has 6 nitrogen and oxygen atoms in total. The quantitative estimate of drug-likeness (QED) is 0.167. The van der Waals surface area contributed by atoms with Crippen molar-refractivity contribution in [2.45, 2.75) is 6.42 Å². The largest absolute Gasteiger partial charge is 0.483 e. The lowest BCUT2D eigenvalue weighted by atomic mass is 10.1. The highest BCUT2D eigenvalue weighted by Crippen LogP contribution is 2.19. The van der Waals surface area contributed by atoms with E-state index in [4.69, 9.17) is 21.1 Å². The van der Waals surface area contributed by atoms with Gasteiger partial charge in [0.2, 0.25) is 0 Å². The van der Waals surface area contributed by atoms with Crippen molar-refractivity contribution in [1.29, 1.82) is 0 Å². The third kappa shape index (κ3) is 6.82. The summed E-state index contributed by atoms with van der Waals surface area (Å²) in [5.41, 5.74) is 4.38. The lowest BCUT2D eigenvalue weighted by Gasteiger charge is -2.09. The summed E-state index contributed by atoms with van der Waals surface area (Å²) in [7, 11) is 0. The Bertz CT molecular complexity index is 1130. The zero-order valence-corrected chi connectivity index (χ0v) is 17.9. The highest BCUT2D eigenvalue weighted by atomic mass is 35.5. The zero-order chi connectivity index (χ0) is 22.8. The lowest BCUT2D eigenvalue weighted by molar-refractivity contribution is -0.123. The van der Waals surface area contributed by atoms with Gasteiger partial charge in [0.15, 0.2) is 6.61 Å². The van der Waals surface area contributed by atoms with Gasteiger partial charge >= 0.3 is 5.97 Å². The minimum Gasteiger partial charge on any atom is -0.483 e. The van der Waals surface area contributed by atoms with E-state index in [2.05, 4.69) is 17.1 Å². The molecule has 7 heteroatoms. The molecule has 0 fully saturated rings. The summed E-state index contributed by atoms with van der Waals surface area (Å²) in [5.74, 6) is 0.0713. The average Bonchev–Trinajstić information content (AvgIpc) is 2.79. The molecule has 32 heavy (non-hydrogen) atoms. The Labute approximate surface area is 191 Å². The number of carbonyl (C=O) groups excluding carboxylic acids is 2. The summed E-state index contributed by atoms with van der Waals surface area (Å²) >= 11 is 5.83. The van der Waals surface area contributed by atoms with Crippen LogP contribution in [0.4, 0.5) is 0 Å². The van der Waals surface area contributed by atoms with Crippen molar-refractivity contribution in [1.82, 2.24) is 5.43 Å². The maximum absolute atomic E-state index is 12.2. The first-order valence-electron chi connectivity index (χ1n) is 9.76. The van der Waals surface area contributed by atoms with E-state index < -0.39 is 11.9 Å². The van der Waals surface area contributed by atoms with Gasteiger partial charge in [0.05, 0.1) is 11.8 Å². The fraction of sp³-hybridized carbons (Fsp3) is 0.0800. The molecule has 0 saturated heterocycles. The number of nitrogens with one attached hydrogen (secondary N) is 1. The van der Waals surface area contributed by atoms with Gasteiger partial charge in [-0.3, -0.25) is 4.79 Å². The number of para-hydroxylation sites is 1. The molecule has 1 amide bonds. The summed E-state index contributed by atoms with van der Waals surface area (Å²) in [4.78, 5) is 24.2. The van der Waals surface area contributed by atoms with E-state index in [0.29, 0.717) is 34.1 Å². The number of hydrazone groups is 1. The molecule has 1 N–H and O–H groups in total. The van der Waals surface area contributed by atoms with Crippen LogP contribution in [0.1, 0.15) is 21.5 Å². The molecule has 0 atom stereocenters. The Morgan fingerprint density at radius 2 is 1.81 bits per heavy atom. The van der Waals surface area contributed by atoms with Crippen LogP contribution in [0, 0.1) is 0 Å². The second-order valence-electron chi connectivity index (χ2n) is 6.65. The number of nitrogens with zero attached hydrogens (tertiary/aromatic N) is 1. The minimum absolute atomic E-state index is 0.176. The van der Waals surface area contributed by atoms with Crippen molar-refractivity contribution in [3.05, 3.63) is 107 Å². The Morgan fingerprint density at radius 1 is 1.03 bits per heavy atom. The van der Waals surface area contributed by atoms with Crippen LogP contribution in [0.2, 0.25) is 5.02 Å². The first-order chi connectivity index (χ1) is 15.5. The summed E-state index contributed by atoms with van der Waals surface area (Å²) in [5, 5.41) is 4.46. The molecule has 0 bridgehead atoms. The first-order valence-corrected chi connectivity index (χ1v) is 10.1. The number of carbonyl (C=O) groups is 2. The second-order valence-corrected chi connectivity index (χ2v) is 7.09. The molecule has 0 radical (unpaired) electrons. The van der Waals surface area contributed by atoms with Gasteiger partial charge in [0, 0.05) is 5.02 Å². The van der Waals surface area contributed by atoms with Crippen LogP contribution >= 0.6 is 11.6 Å². The molecule has 3 aromatic carbocycles. The molecule has 0 heterocycles. The van der Waals surface area contributed by atoms with Crippen molar-refractivity contribution in [2.24, 2.45) is 5.10 Å². The van der Waals surface area contributed by atoms with E-state index >= 15 is 0 Å². The third-order valence-electron chi connectivity index (χ3n) is 4.25. The summed E-state index contributed by atoms with van der Waals surface area (Å²) in [6.07, 6.45) is 3.87. The van der Waals surface area contributed by atoms with Gasteiger partial charge in [0.1, 0.15) is 11.5 Å². The fourth-order valence-corrected chi connectivity index (χ4v) is 2.86. The predicted octanol–water partition coefficient (Wildman–Crippen LogP) is 4.82. The van der Waals surface area contributed by atoms with Crippen LogP contribution in [-0.4, -0.2) is 24.7 Å². The number of halogens is 1. The number of rotatable bonds is 9. The molecule has 3 aromatic rings. The van der Waals surface area contributed by atoms with E-state index in [1.54, 1.807) is 60.7 Å². The van der Waals surface area contributed by atoms with Gasteiger partial charge in [-0.15, -0.1) is 6.58 Å². The van der Waals surface area contributed by atoms with Gasteiger partial charge in [-0.2, -0.15) is 5.10 Å². The van der Waals surface area contributed by atoms with Crippen molar-refractivity contribution in [2.75, 3.05) is 6.61 Å². The van der Waals surface area contributed by atoms with E-state index in [1.165, 1.54) is 6.21 Å². The molecule has 0 aromatic heterocycles. The van der Waals surface area contributed by atoms with Crippen LogP contribution in [0.3, 0.4) is 0 Å². The molecule has 0 aliphatic heterocycles. The second kappa shape index (κ2) is 11.5. The monoisotopic (exact) mass is 448 g/mol. The lowest BCUT2D eigenvalue weighted by Crippen LogP contribution is -2.24. The summed E-state index contributed by atoms with van der Waals surface area (Å²) in [6, 6.07) is 20.6. The highest BCUT2D eigenvalue weighted by molar-refractivity contribution is 6.30. The zero-order valence-electron chi connectivity index (χ0n) is 17.2. The Balaban J connectivity index is 1.52. The van der Waals surface area contributed by atoms with Crippen molar-refractivity contribution < 1.29 is 19.1 Å². The van der Waals surface area contributed by atoms with E-state index in [1.807, 2.05) is 18.2 Å². The number of hydrogen-bond donors (Lipinski definition) is 1. The SMILES string of the molecule is C=CCc1ccccc1OCC(=O)N/N=C\c1cccc(OC(=O)c2ccc(Cl)cc2)c1. The molecule has 3 rings (SSSR count). The van der Waals surface area contributed by atoms with Gasteiger partial charge in [0.25, 0.3) is 5.91 Å². The van der Waals surface area contributed by atoms with Crippen molar-refractivity contribution in [3.8, 4) is 11.5 Å². The third-order valence-corrected chi connectivity index (χ3v) is 4.50. The minimum atomic E-state index is -0.502. The molecule has 0 unspecified atom stereocenters. The molecule has 0 saturated carbocycles. The van der Waals surface area contributed by atoms with Crippen LogP contribution in [0.15, 0.2) is 90.6 Å². The molecule has 0 spiro atoms. The van der Waals surface area contributed by atoms with Gasteiger partial charge in [-0.25, -0.2) is 10.2 Å². The van der Waals surface area contributed by atoms with E-state index in [0.717, 1.165) is 5.56 Å². The predicted molar refractivity (Wildman–Crippen MR) is 124 cm³/mol. The number of ether oxygens (including phenoxy) is 2. The molecule has 0 aliphatic carbocycles. The summed E-state index contributed by atoms with van der Waals surface area (Å²) in [6.45, 7) is 3.54. The first kappa shape index (κ1) is 22.8. The normalized spacial score (nSPS) is 10.5. The standard InChI is InChI=1S/C25H21ClN2O4/c1-2-6-19-8-3-4-10-23(19)31-17-24(29)28-27-16-18-7-5-9-22(15-18)32-25(30)20-11-13-21(26)14-12-20/h2-5,7-16H,1,6,17H2,(H,28,29)/b27-16-. The van der Waals surface area contributed by atoms with Crippen LogP contribution in [-0.2, 0) is 11.2 Å². The topological polar surface area (TPSA) is 77.0 Å². The average molecular weight is 449 g/mol. The smallest absolute Gasteiger partial charge is 0.343 e. The van der Waals surface area contributed by atoms with Gasteiger partial charge < -0.3 is 9.47 Å². The van der Waals surface area contributed by atoms with Crippen LogP contribution in [0.25, 0.3) is 0 Å². The Kier molecular flexibility index (Phi) is 8.17. The van der Waals surface area contributed by atoms with Crippen LogP contribution < -0.4 is 14.9 Å². The molecule has 0 aliphatic rings. The number of esters is 1. The van der Waals surface area contributed by atoms with Gasteiger partial charge in [-0.05, 0) is 60.0 Å². The van der Waals surface area contributed by atoms with Crippen LogP contribution in [0.5, 0.6) is 11.5 Å². The molecular weight excluding hydrogens is 428 g/mol. The number of allylic oxidation sites excluding steroid dienone is 1. The maximum Gasteiger partial charge on any atom is 0.343 e. The Morgan fingerprint density at radius 3 is 2.59 bits per heavy atom. The van der Waals surface area contributed by atoms with Gasteiger partial charge in [-0.1, -0.05) is 48.0 Å². The van der Waals surface area contributed by atoms with E-state index in [-0.39, 0.29) is 6.61 Å². The highest BCUT2D eigenvalue weighted by Gasteiger charge is 2.09. The van der Waals surface area contributed by atoms with Crippen molar-refractivity contribution >= 4 is 29.7 Å². The van der Waals surface area contributed by atoms with E-state index in [9.17, 15) is 9.59 Å². The Hall–Kier alpha value is -3.90. The maximum atomic E-state index is 12.2. The fourth-order valence-electron chi connectivity index (χ4n) is 2.73. The molecular formula is C25H21ClN2O4. The number of hydrogen-bond acceptors (Lipinski definition) is 5. The molecule has 162 valence electrons. The number of amides is 1.